The van der Waals surface area contributed by atoms with Gasteiger partial charge in [-0.2, -0.15) is 8.42 Å². The highest BCUT2D eigenvalue weighted by Gasteiger charge is 2.37. The third kappa shape index (κ3) is 2.01. The molecule has 0 N–H and O–H groups in total. The summed E-state index contributed by atoms with van der Waals surface area (Å²) >= 11 is 0. The monoisotopic (exact) mass is 198 g/mol. The van der Waals surface area contributed by atoms with Gasteiger partial charge in [-0.1, -0.05) is 18.2 Å². The summed E-state index contributed by atoms with van der Waals surface area (Å²) in [5.41, 5.74) is 0. The van der Waals surface area contributed by atoms with Crippen LogP contribution in [-0.4, -0.2) is 13.7 Å². The van der Waals surface area contributed by atoms with E-state index in [9.17, 15) is 8.42 Å². The topological polar surface area (TPSA) is 43.4 Å². The van der Waals surface area contributed by atoms with Gasteiger partial charge in [0.15, 0.2) is 0 Å². The Morgan fingerprint density at radius 3 is 2.31 bits per heavy atom. The molecule has 0 atom stereocenters. The van der Waals surface area contributed by atoms with Gasteiger partial charge in [-0.05, 0) is 25.0 Å². The third-order valence-corrected chi connectivity index (χ3v) is 3.60. The molecule has 0 amide bonds. The fraction of sp³-hybridized carbons (Fsp3) is 0.333. The maximum absolute atomic E-state index is 11.3. The molecule has 1 aromatic carbocycles. The molecule has 0 spiro atoms. The highest BCUT2D eigenvalue weighted by atomic mass is 32.2. The molecule has 13 heavy (non-hydrogen) atoms. The quantitative estimate of drug-likeness (QED) is 0.692. The van der Waals surface area contributed by atoms with Crippen LogP contribution in [0.15, 0.2) is 30.3 Å². The number of rotatable bonds is 3. The summed E-state index contributed by atoms with van der Waals surface area (Å²) in [4.78, 5) is 0. The Labute approximate surface area is 77.5 Å². The third-order valence-electron chi connectivity index (χ3n) is 1.89. The first-order chi connectivity index (χ1) is 6.18. The molecular formula is C9H10O3S. The van der Waals surface area contributed by atoms with Crippen molar-refractivity contribution in [2.75, 3.05) is 0 Å². The normalized spacial score (nSPS) is 16.9. The first-order valence-electron chi connectivity index (χ1n) is 4.17. The molecule has 1 aliphatic rings. The molecule has 3 nitrogen and oxygen atoms in total. The largest absolute Gasteiger partial charge is 0.382 e. The highest BCUT2D eigenvalue weighted by Crippen LogP contribution is 2.30. The molecule has 0 saturated heterocycles. The zero-order valence-electron chi connectivity index (χ0n) is 7.01. The highest BCUT2D eigenvalue weighted by molar-refractivity contribution is 7.88. The van der Waals surface area contributed by atoms with E-state index in [-0.39, 0.29) is 5.25 Å². The molecule has 0 radical (unpaired) electrons. The molecule has 2 rings (SSSR count). The predicted octanol–water partition coefficient (Wildman–Crippen LogP) is 1.56. The van der Waals surface area contributed by atoms with Crippen molar-refractivity contribution in [1.82, 2.24) is 0 Å². The molecule has 1 aliphatic carbocycles. The van der Waals surface area contributed by atoms with Crippen LogP contribution in [-0.2, 0) is 10.1 Å². The lowest BCUT2D eigenvalue weighted by molar-refractivity contribution is 0.484. The lowest BCUT2D eigenvalue weighted by atomic mass is 10.3. The van der Waals surface area contributed by atoms with Gasteiger partial charge in [-0.15, -0.1) is 0 Å². The summed E-state index contributed by atoms with van der Waals surface area (Å²) in [6.07, 6.45) is 1.46. The van der Waals surface area contributed by atoms with E-state index < -0.39 is 10.1 Å². The van der Waals surface area contributed by atoms with Crippen molar-refractivity contribution >= 4 is 10.1 Å². The van der Waals surface area contributed by atoms with Crippen LogP contribution < -0.4 is 4.18 Å². The molecule has 0 aliphatic heterocycles. The number of hydrogen-bond donors (Lipinski definition) is 0. The van der Waals surface area contributed by atoms with Crippen LogP contribution >= 0.6 is 0 Å². The second kappa shape index (κ2) is 3.03. The zero-order valence-corrected chi connectivity index (χ0v) is 7.83. The summed E-state index contributed by atoms with van der Waals surface area (Å²) in [6, 6.07) is 8.59. The predicted molar refractivity (Wildman–Crippen MR) is 49.0 cm³/mol. The SMILES string of the molecule is O=S(=O)(Oc1ccccc1)C1CC1. The molecule has 70 valence electrons. The van der Waals surface area contributed by atoms with Gasteiger partial charge < -0.3 is 4.18 Å². The molecule has 1 aromatic rings. The van der Waals surface area contributed by atoms with Crippen LogP contribution in [0.2, 0.25) is 0 Å². The fourth-order valence-corrected chi connectivity index (χ4v) is 2.26. The Balaban J connectivity index is 2.14. The average Bonchev–Trinajstić information content (AvgIpc) is 2.87. The van der Waals surface area contributed by atoms with Crippen molar-refractivity contribution in [3.63, 3.8) is 0 Å². The van der Waals surface area contributed by atoms with E-state index in [4.69, 9.17) is 4.18 Å². The van der Waals surface area contributed by atoms with E-state index >= 15 is 0 Å². The standard InChI is InChI=1S/C9H10O3S/c10-13(11,9-6-7-9)12-8-4-2-1-3-5-8/h1-5,9H,6-7H2. The number of benzene rings is 1. The van der Waals surface area contributed by atoms with Gasteiger partial charge in [-0.3, -0.25) is 0 Å². The van der Waals surface area contributed by atoms with Gasteiger partial charge in [0, 0.05) is 0 Å². The lowest BCUT2D eigenvalue weighted by Gasteiger charge is -2.04. The first-order valence-corrected chi connectivity index (χ1v) is 5.64. The fourth-order valence-electron chi connectivity index (χ4n) is 1.03. The summed E-state index contributed by atoms with van der Waals surface area (Å²) in [5, 5.41) is -0.271. The van der Waals surface area contributed by atoms with Crippen LogP contribution in [0.3, 0.4) is 0 Å². The lowest BCUT2D eigenvalue weighted by Crippen LogP contribution is -2.14. The number of hydrogen-bond acceptors (Lipinski definition) is 3. The van der Waals surface area contributed by atoms with E-state index in [0.29, 0.717) is 5.75 Å². The van der Waals surface area contributed by atoms with E-state index in [1.54, 1.807) is 24.3 Å². The molecule has 4 heteroatoms. The Morgan fingerprint density at radius 1 is 1.15 bits per heavy atom. The molecule has 0 aromatic heterocycles. The Morgan fingerprint density at radius 2 is 1.77 bits per heavy atom. The second-order valence-corrected chi connectivity index (χ2v) is 4.91. The molecular weight excluding hydrogens is 188 g/mol. The maximum atomic E-state index is 11.3. The van der Waals surface area contributed by atoms with Gasteiger partial charge in [0.1, 0.15) is 5.75 Å². The van der Waals surface area contributed by atoms with Crippen molar-refractivity contribution in [1.29, 1.82) is 0 Å². The summed E-state index contributed by atoms with van der Waals surface area (Å²) in [6.45, 7) is 0. The number of para-hydroxylation sites is 1. The Kier molecular flexibility index (Phi) is 2.00. The zero-order chi connectivity index (χ0) is 9.31. The van der Waals surface area contributed by atoms with Gasteiger partial charge in [0.05, 0.1) is 5.25 Å². The molecule has 0 unspecified atom stereocenters. The molecule has 0 bridgehead atoms. The van der Waals surface area contributed by atoms with Crippen LogP contribution in [0.25, 0.3) is 0 Å². The summed E-state index contributed by atoms with van der Waals surface area (Å²) < 4.78 is 27.6. The van der Waals surface area contributed by atoms with Gasteiger partial charge in [-0.25, -0.2) is 0 Å². The molecule has 1 saturated carbocycles. The van der Waals surface area contributed by atoms with E-state index in [1.807, 2.05) is 6.07 Å². The van der Waals surface area contributed by atoms with E-state index in [0.717, 1.165) is 12.8 Å². The van der Waals surface area contributed by atoms with Crippen LogP contribution in [0.5, 0.6) is 5.75 Å². The minimum atomic E-state index is -3.34. The Bertz CT molecular complexity index is 379. The summed E-state index contributed by atoms with van der Waals surface area (Å²) in [7, 11) is -3.34. The molecule has 1 fully saturated rings. The second-order valence-electron chi connectivity index (χ2n) is 3.09. The van der Waals surface area contributed by atoms with Gasteiger partial charge >= 0.3 is 10.1 Å². The van der Waals surface area contributed by atoms with Crippen LogP contribution in [0.4, 0.5) is 0 Å². The maximum Gasteiger partial charge on any atom is 0.312 e. The van der Waals surface area contributed by atoms with E-state index in [1.165, 1.54) is 0 Å². The molecule has 0 heterocycles. The first kappa shape index (κ1) is 8.56. The van der Waals surface area contributed by atoms with Crippen LogP contribution in [0.1, 0.15) is 12.8 Å². The van der Waals surface area contributed by atoms with E-state index in [2.05, 4.69) is 0 Å². The van der Waals surface area contributed by atoms with Gasteiger partial charge in [0.25, 0.3) is 0 Å². The van der Waals surface area contributed by atoms with Crippen LogP contribution in [0, 0.1) is 0 Å². The smallest absolute Gasteiger partial charge is 0.312 e. The van der Waals surface area contributed by atoms with Crippen molar-refractivity contribution in [2.45, 2.75) is 18.1 Å². The minimum absolute atomic E-state index is 0.271. The minimum Gasteiger partial charge on any atom is -0.382 e. The van der Waals surface area contributed by atoms with Crippen molar-refractivity contribution in [3.05, 3.63) is 30.3 Å². The van der Waals surface area contributed by atoms with Crippen molar-refractivity contribution in [3.8, 4) is 5.75 Å². The van der Waals surface area contributed by atoms with Crippen molar-refractivity contribution in [2.24, 2.45) is 0 Å². The van der Waals surface area contributed by atoms with Gasteiger partial charge in [0.2, 0.25) is 0 Å². The van der Waals surface area contributed by atoms with Crippen molar-refractivity contribution < 1.29 is 12.6 Å². The average molecular weight is 198 g/mol. The summed E-state index contributed by atoms with van der Waals surface area (Å²) in [5.74, 6) is 0.398. The Hall–Kier alpha value is -1.03.